The third kappa shape index (κ3) is 2.01. The van der Waals surface area contributed by atoms with E-state index < -0.39 is 0 Å². The van der Waals surface area contributed by atoms with Crippen molar-refractivity contribution in [3.05, 3.63) is 59.0 Å². The zero-order chi connectivity index (χ0) is 11.5. The minimum atomic E-state index is -0.0157. The van der Waals surface area contributed by atoms with E-state index in [2.05, 4.69) is 37.5 Å². The highest BCUT2D eigenvalue weighted by Crippen LogP contribution is 2.23. The van der Waals surface area contributed by atoms with E-state index >= 15 is 0 Å². The van der Waals surface area contributed by atoms with Gasteiger partial charge in [0, 0.05) is 5.56 Å². The van der Waals surface area contributed by atoms with Gasteiger partial charge in [0.15, 0.2) is 0 Å². The van der Waals surface area contributed by atoms with Crippen LogP contribution in [0, 0.1) is 13.8 Å². The maximum Gasteiger partial charge on any atom is 0.0954 e. The normalized spacial score (nSPS) is 12.7. The summed E-state index contributed by atoms with van der Waals surface area (Å²) in [6.45, 7) is 4.20. The van der Waals surface area contributed by atoms with Gasteiger partial charge in [-0.05, 0) is 36.6 Å². The van der Waals surface area contributed by atoms with Gasteiger partial charge >= 0.3 is 0 Å². The summed E-state index contributed by atoms with van der Waals surface area (Å²) in [5.74, 6) is 5.59. The maximum absolute atomic E-state index is 5.59. The monoisotopic (exact) mass is 216 g/mol. The largest absolute Gasteiger partial charge is 0.472 e. The summed E-state index contributed by atoms with van der Waals surface area (Å²) in [4.78, 5) is 0. The molecule has 3 nitrogen and oxygen atoms in total. The van der Waals surface area contributed by atoms with Gasteiger partial charge < -0.3 is 4.42 Å². The molecule has 1 aromatic carbocycles. The lowest BCUT2D eigenvalue weighted by molar-refractivity contribution is 0.553. The Labute approximate surface area is 95.2 Å². The summed E-state index contributed by atoms with van der Waals surface area (Å²) in [6, 6.07) is 8.24. The van der Waals surface area contributed by atoms with Gasteiger partial charge in [-0.15, -0.1) is 0 Å². The van der Waals surface area contributed by atoms with Crippen LogP contribution >= 0.6 is 0 Å². The van der Waals surface area contributed by atoms with Gasteiger partial charge in [-0.1, -0.05) is 18.2 Å². The molecule has 3 heteroatoms. The summed E-state index contributed by atoms with van der Waals surface area (Å²) in [7, 11) is 0. The van der Waals surface area contributed by atoms with Crippen LogP contribution in [0.15, 0.2) is 41.2 Å². The van der Waals surface area contributed by atoms with Crippen LogP contribution in [0.3, 0.4) is 0 Å². The lowest BCUT2D eigenvalue weighted by Gasteiger charge is -2.15. The second-order valence-electron chi connectivity index (χ2n) is 4.00. The Balaban J connectivity index is 2.37. The van der Waals surface area contributed by atoms with Crippen molar-refractivity contribution in [1.29, 1.82) is 0 Å². The Bertz CT molecular complexity index is 463. The topological polar surface area (TPSA) is 51.2 Å². The molecule has 3 N–H and O–H groups in total. The summed E-state index contributed by atoms with van der Waals surface area (Å²) in [6.07, 6.45) is 3.36. The number of rotatable bonds is 3. The van der Waals surface area contributed by atoms with E-state index in [-0.39, 0.29) is 6.04 Å². The second-order valence-corrected chi connectivity index (χ2v) is 4.00. The Morgan fingerprint density at radius 3 is 2.50 bits per heavy atom. The maximum atomic E-state index is 5.59. The van der Waals surface area contributed by atoms with Gasteiger partial charge in [0.05, 0.1) is 18.6 Å². The Kier molecular flexibility index (Phi) is 3.08. The highest BCUT2D eigenvalue weighted by Gasteiger charge is 2.13. The lowest BCUT2D eigenvalue weighted by Crippen LogP contribution is -2.28. The van der Waals surface area contributed by atoms with Crippen LogP contribution in [-0.4, -0.2) is 0 Å². The van der Waals surface area contributed by atoms with E-state index in [9.17, 15) is 0 Å². The van der Waals surface area contributed by atoms with Crippen molar-refractivity contribution in [2.75, 3.05) is 0 Å². The third-order valence-electron chi connectivity index (χ3n) is 2.91. The van der Waals surface area contributed by atoms with Crippen LogP contribution in [0.5, 0.6) is 0 Å². The molecule has 0 bridgehead atoms. The highest BCUT2D eigenvalue weighted by molar-refractivity contribution is 5.35. The van der Waals surface area contributed by atoms with Crippen molar-refractivity contribution in [3.63, 3.8) is 0 Å². The number of aryl methyl sites for hydroxylation is 2. The standard InChI is InChI=1S/C13H16N2O/c1-9-3-4-11(7-10(9)2)13(15-14)12-5-6-16-8-12/h3-8,13,15H,14H2,1-2H3. The second kappa shape index (κ2) is 4.51. The first-order valence-corrected chi connectivity index (χ1v) is 5.27. The molecule has 0 radical (unpaired) electrons. The number of benzene rings is 1. The van der Waals surface area contributed by atoms with Gasteiger partial charge in [-0.2, -0.15) is 0 Å². The molecule has 0 aliphatic heterocycles. The first-order valence-electron chi connectivity index (χ1n) is 5.27. The molecular formula is C13H16N2O. The molecule has 1 atom stereocenters. The number of nitrogens with two attached hydrogens (primary N) is 1. The number of hydrogen-bond donors (Lipinski definition) is 2. The lowest BCUT2D eigenvalue weighted by atomic mass is 9.98. The van der Waals surface area contributed by atoms with Crippen LogP contribution in [0.2, 0.25) is 0 Å². The fourth-order valence-electron chi connectivity index (χ4n) is 1.77. The molecule has 1 unspecified atom stereocenters. The van der Waals surface area contributed by atoms with Crippen LogP contribution in [-0.2, 0) is 0 Å². The number of nitrogens with one attached hydrogen (secondary N) is 1. The van der Waals surface area contributed by atoms with Crippen molar-refractivity contribution in [3.8, 4) is 0 Å². The van der Waals surface area contributed by atoms with Gasteiger partial charge in [-0.3, -0.25) is 5.84 Å². The minimum absolute atomic E-state index is 0.0157. The molecular weight excluding hydrogens is 200 g/mol. The van der Waals surface area contributed by atoms with E-state index in [1.165, 1.54) is 11.1 Å². The molecule has 0 saturated carbocycles. The highest BCUT2D eigenvalue weighted by atomic mass is 16.3. The van der Waals surface area contributed by atoms with Gasteiger partial charge in [0.25, 0.3) is 0 Å². The van der Waals surface area contributed by atoms with Crippen molar-refractivity contribution in [2.45, 2.75) is 19.9 Å². The quantitative estimate of drug-likeness (QED) is 0.612. The summed E-state index contributed by atoms with van der Waals surface area (Å²) in [5.41, 5.74) is 7.53. The first-order chi connectivity index (χ1) is 7.72. The van der Waals surface area contributed by atoms with Crippen LogP contribution in [0.1, 0.15) is 28.3 Å². The average Bonchev–Trinajstić information content (AvgIpc) is 2.78. The molecule has 0 amide bonds. The van der Waals surface area contributed by atoms with Crippen LogP contribution < -0.4 is 11.3 Å². The molecule has 84 valence electrons. The average molecular weight is 216 g/mol. The summed E-state index contributed by atoms with van der Waals surface area (Å²) < 4.78 is 5.08. The molecule has 2 rings (SSSR count). The predicted molar refractivity (Wildman–Crippen MR) is 63.8 cm³/mol. The van der Waals surface area contributed by atoms with Gasteiger partial charge in [0.2, 0.25) is 0 Å². The Hall–Kier alpha value is -1.58. The van der Waals surface area contributed by atoms with Crippen LogP contribution in [0.25, 0.3) is 0 Å². The number of hydrazine groups is 1. The van der Waals surface area contributed by atoms with Crippen LogP contribution in [0.4, 0.5) is 0 Å². The molecule has 16 heavy (non-hydrogen) atoms. The summed E-state index contributed by atoms with van der Waals surface area (Å²) >= 11 is 0. The fraction of sp³-hybridized carbons (Fsp3) is 0.231. The molecule has 0 aliphatic carbocycles. The van der Waals surface area contributed by atoms with Gasteiger partial charge in [-0.25, -0.2) is 5.43 Å². The molecule has 1 aromatic heterocycles. The molecule has 0 aliphatic rings. The van der Waals surface area contributed by atoms with Crippen molar-refractivity contribution in [1.82, 2.24) is 5.43 Å². The third-order valence-corrected chi connectivity index (χ3v) is 2.91. The van der Waals surface area contributed by atoms with E-state index in [4.69, 9.17) is 10.3 Å². The van der Waals surface area contributed by atoms with E-state index in [1.807, 2.05) is 6.07 Å². The van der Waals surface area contributed by atoms with E-state index in [1.54, 1.807) is 12.5 Å². The fourth-order valence-corrected chi connectivity index (χ4v) is 1.77. The molecule has 0 saturated heterocycles. The zero-order valence-electron chi connectivity index (χ0n) is 9.53. The number of furan rings is 1. The SMILES string of the molecule is Cc1ccc(C(NN)c2ccoc2)cc1C. The van der Waals surface area contributed by atoms with Crippen molar-refractivity contribution < 1.29 is 4.42 Å². The first kappa shape index (κ1) is 10.9. The molecule has 2 aromatic rings. The Morgan fingerprint density at radius 2 is 1.94 bits per heavy atom. The minimum Gasteiger partial charge on any atom is -0.472 e. The van der Waals surface area contributed by atoms with Crippen molar-refractivity contribution in [2.24, 2.45) is 5.84 Å². The Morgan fingerprint density at radius 1 is 1.12 bits per heavy atom. The zero-order valence-corrected chi connectivity index (χ0v) is 9.53. The number of hydrogen-bond acceptors (Lipinski definition) is 3. The van der Waals surface area contributed by atoms with Crippen molar-refractivity contribution >= 4 is 0 Å². The predicted octanol–water partition coefficient (Wildman–Crippen LogP) is 2.45. The van der Waals surface area contributed by atoms with Gasteiger partial charge in [0.1, 0.15) is 0 Å². The molecule has 1 heterocycles. The molecule has 0 spiro atoms. The van der Waals surface area contributed by atoms with E-state index in [0.29, 0.717) is 0 Å². The summed E-state index contributed by atoms with van der Waals surface area (Å²) in [5, 5.41) is 0. The molecule has 0 fully saturated rings. The van der Waals surface area contributed by atoms with E-state index in [0.717, 1.165) is 11.1 Å². The smallest absolute Gasteiger partial charge is 0.0954 e.